The van der Waals surface area contributed by atoms with E-state index in [9.17, 15) is 9.18 Å². The maximum absolute atomic E-state index is 14.3. The van der Waals surface area contributed by atoms with Crippen LogP contribution in [0.2, 0.25) is 0 Å². The summed E-state index contributed by atoms with van der Waals surface area (Å²) in [5, 5.41) is 5.85. The summed E-state index contributed by atoms with van der Waals surface area (Å²) < 4.78 is 19.6. The maximum atomic E-state index is 14.3. The van der Waals surface area contributed by atoms with Gasteiger partial charge in [-0.3, -0.25) is 4.79 Å². The zero-order valence-corrected chi connectivity index (χ0v) is 14.9. The van der Waals surface area contributed by atoms with Gasteiger partial charge in [0.05, 0.1) is 12.2 Å². The highest BCUT2D eigenvalue weighted by molar-refractivity contribution is 5.98. The van der Waals surface area contributed by atoms with Crippen molar-refractivity contribution in [2.24, 2.45) is 11.5 Å². The van der Waals surface area contributed by atoms with Crippen molar-refractivity contribution in [3.8, 4) is 5.88 Å². The first-order valence-corrected chi connectivity index (χ1v) is 8.20. The lowest BCUT2D eigenvalue weighted by Gasteiger charge is -2.20. The van der Waals surface area contributed by atoms with Gasteiger partial charge in [-0.2, -0.15) is 0 Å². The molecule has 0 aliphatic carbocycles. The highest BCUT2D eigenvalue weighted by Crippen LogP contribution is 2.25. The average molecular weight is 362 g/mol. The summed E-state index contributed by atoms with van der Waals surface area (Å²) in [6, 6.07) is 3.89. The molecular formula is C17H23FN6O2. The van der Waals surface area contributed by atoms with Crippen LogP contribution in [0.3, 0.4) is 0 Å². The molecule has 0 aliphatic heterocycles. The Morgan fingerprint density at radius 3 is 2.69 bits per heavy atom. The molecule has 0 saturated carbocycles. The molecule has 0 bridgehead atoms. The summed E-state index contributed by atoms with van der Waals surface area (Å²) in [4.78, 5) is 19.9. The standard InChI is InChI=1S/C17H23FN6O2/c1-4-26-14-7-11(5-6-21-14)23-16-12(15(20)25)8-13(18)17(24-16)22-10(3)9(2)19/h5-10H,4,19H2,1-3H3,(H2,20,25)(H2,21,22,23,24). The molecule has 0 saturated heterocycles. The average Bonchev–Trinajstić information content (AvgIpc) is 2.57. The molecule has 0 aliphatic rings. The fourth-order valence-corrected chi connectivity index (χ4v) is 2.07. The number of nitrogens with one attached hydrogen (secondary N) is 2. The Bertz CT molecular complexity index is 784. The largest absolute Gasteiger partial charge is 0.478 e. The van der Waals surface area contributed by atoms with Crippen LogP contribution in [-0.2, 0) is 0 Å². The third-order valence-electron chi connectivity index (χ3n) is 3.68. The summed E-state index contributed by atoms with van der Waals surface area (Å²) in [7, 11) is 0. The van der Waals surface area contributed by atoms with Gasteiger partial charge in [-0.25, -0.2) is 14.4 Å². The van der Waals surface area contributed by atoms with E-state index in [0.29, 0.717) is 18.2 Å². The van der Waals surface area contributed by atoms with Gasteiger partial charge in [-0.15, -0.1) is 0 Å². The summed E-state index contributed by atoms with van der Waals surface area (Å²) in [6.07, 6.45) is 1.54. The lowest BCUT2D eigenvalue weighted by molar-refractivity contribution is 0.100. The molecule has 140 valence electrons. The van der Waals surface area contributed by atoms with Crippen LogP contribution in [-0.4, -0.2) is 34.6 Å². The molecule has 2 atom stereocenters. The van der Waals surface area contributed by atoms with Gasteiger partial charge in [-0.1, -0.05) is 0 Å². The fraction of sp³-hybridized carbons (Fsp3) is 0.353. The minimum absolute atomic E-state index is 0.0265. The molecule has 26 heavy (non-hydrogen) atoms. The highest BCUT2D eigenvalue weighted by Gasteiger charge is 2.18. The number of ether oxygens (including phenoxy) is 1. The minimum Gasteiger partial charge on any atom is -0.478 e. The van der Waals surface area contributed by atoms with Gasteiger partial charge in [-0.05, 0) is 32.9 Å². The minimum atomic E-state index is -0.801. The number of nitrogens with two attached hydrogens (primary N) is 2. The zero-order chi connectivity index (χ0) is 19.3. The molecule has 0 radical (unpaired) electrons. The number of carbonyl (C=O) groups excluding carboxylic acids is 1. The van der Waals surface area contributed by atoms with Crippen molar-refractivity contribution in [3.63, 3.8) is 0 Å². The molecular weight excluding hydrogens is 339 g/mol. The van der Waals surface area contributed by atoms with Crippen molar-refractivity contribution in [2.75, 3.05) is 17.2 Å². The molecule has 0 fully saturated rings. The van der Waals surface area contributed by atoms with E-state index >= 15 is 0 Å². The first kappa shape index (κ1) is 19.4. The second-order valence-electron chi connectivity index (χ2n) is 5.81. The van der Waals surface area contributed by atoms with Gasteiger partial charge in [0.2, 0.25) is 5.88 Å². The number of anilines is 3. The van der Waals surface area contributed by atoms with Crippen LogP contribution in [0.5, 0.6) is 5.88 Å². The molecule has 2 unspecified atom stereocenters. The molecule has 6 N–H and O–H groups in total. The highest BCUT2D eigenvalue weighted by atomic mass is 19.1. The number of halogens is 1. The first-order chi connectivity index (χ1) is 12.3. The topological polar surface area (TPSA) is 128 Å². The Morgan fingerprint density at radius 1 is 1.35 bits per heavy atom. The predicted molar refractivity (Wildman–Crippen MR) is 98.1 cm³/mol. The van der Waals surface area contributed by atoms with E-state index in [-0.39, 0.29) is 29.3 Å². The van der Waals surface area contributed by atoms with Gasteiger partial charge >= 0.3 is 0 Å². The summed E-state index contributed by atoms with van der Waals surface area (Å²) >= 11 is 0. The molecule has 2 aromatic rings. The Hall–Kier alpha value is -2.94. The Labute approximate surface area is 151 Å². The molecule has 1 amide bonds. The monoisotopic (exact) mass is 362 g/mol. The van der Waals surface area contributed by atoms with Crippen molar-refractivity contribution in [2.45, 2.75) is 32.9 Å². The number of primary amides is 1. The molecule has 2 aromatic heterocycles. The number of hydrogen-bond acceptors (Lipinski definition) is 7. The summed E-state index contributed by atoms with van der Waals surface area (Å²) in [5.74, 6) is -0.996. The fourth-order valence-electron chi connectivity index (χ4n) is 2.07. The quantitative estimate of drug-likeness (QED) is 0.565. The number of aromatic nitrogens is 2. The van der Waals surface area contributed by atoms with Crippen LogP contribution in [0.4, 0.5) is 21.7 Å². The Morgan fingerprint density at radius 2 is 2.08 bits per heavy atom. The second-order valence-corrected chi connectivity index (χ2v) is 5.81. The van der Waals surface area contributed by atoms with Gasteiger partial charge in [0.25, 0.3) is 5.91 Å². The van der Waals surface area contributed by atoms with Crippen LogP contribution in [0.25, 0.3) is 0 Å². The number of nitrogens with zero attached hydrogens (tertiary/aromatic N) is 2. The van der Waals surface area contributed by atoms with Gasteiger partial charge in [0.1, 0.15) is 5.82 Å². The summed E-state index contributed by atoms with van der Waals surface area (Å²) in [6.45, 7) is 5.89. The van der Waals surface area contributed by atoms with Crippen molar-refractivity contribution in [3.05, 3.63) is 35.8 Å². The summed E-state index contributed by atoms with van der Waals surface area (Å²) in [5.41, 5.74) is 11.6. The molecule has 2 heterocycles. The maximum Gasteiger partial charge on any atom is 0.252 e. The van der Waals surface area contributed by atoms with Gasteiger partial charge < -0.3 is 26.8 Å². The van der Waals surface area contributed by atoms with E-state index in [1.165, 1.54) is 6.20 Å². The van der Waals surface area contributed by atoms with Crippen LogP contribution < -0.4 is 26.8 Å². The lowest BCUT2D eigenvalue weighted by atomic mass is 10.2. The van der Waals surface area contributed by atoms with Crippen molar-refractivity contribution >= 4 is 23.2 Å². The third-order valence-corrected chi connectivity index (χ3v) is 3.68. The van der Waals surface area contributed by atoms with E-state index in [1.807, 2.05) is 6.92 Å². The zero-order valence-electron chi connectivity index (χ0n) is 14.9. The number of amides is 1. The third kappa shape index (κ3) is 4.79. The molecule has 0 spiro atoms. The normalized spacial score (nSPS) is 13.0. The molecule has 2 rings (SSSR count). The molecule has 8 nitrogen and oxygen atoms in total. The van der Waals surface area contributed by atoms with E-state index in [2.05, 4.69) is 20.6 Å². The smallest absolute Gasteiger partial charge is 0.252 e. The molecule has 0 aromatic carbocycles. The number of carbonyl (C=O) groups is 1. The van der Waals surface area contributed by atoms with Crippen molar-refractivity contribution in [1.29, 1.82) is 0 Å². The van der Waals surface area contributed by atoms with Gasteiger partial charge in [0.15, 0.2) is 11.6 Å². The van der Waals surface area contributed by atoms with Crippen molar-refractivity contribution in [1.82, 2.24) is 9.97 Å². The SMILES string of the molecule is CCOc1cc(Nc2nc(NC(C)C(C)N)c(F)cc2C(N)=O)ccn1. The van der Waals surface area contributed by atoms with Gasteiger partial charge in [0, 0.05) is 30.0 Å². The predicted octanol–water partition coefficient (Wildman–Crippen LogP) is 2.00. The van der Waals surface area contributed by atoms with E-state index < -0.39 is 11.7 Å². The van der Waals surface area contributed by atoms with Crippen LogP contribution in [0, 0.1) is 5.82 Å². The number of pyridine rings is 2. The van der Waals surface area contributed by atoms with Crippen LogP contribution in [0.15, 0.2) is 24.4 Å². The van der Waals surface area contributed by atoms with E-state index in [1.54, 1.807) is 26.0 Å². The van der Waals surface area contributed by atoms with Crippen molar-refractivity contribution < 1.29 is 13.9 Å². The first-order valence-electron chi connectivity index (χ1n) is 8.20. The van der Waals surface area contributed by atoms with E-state index in [4.69, 9.17) is 16.2 Å². The lowest BCUT2D eigenvalue weighted by Crippen LogP contribution is -2.35. The van der Waals surface area contributed by atoms with Crippen LogP contribution >= 0.6 is 0 Å². The molecule has 9 heteroatoms. The Balaban J connectivity index is 2.38. The number of rotatable bonds is 8. The van der Waals surface area contributed by atoms with E-state index in [0.717, 1.165) is 6.07 Å². The Kier molecular flexibility index (Phi) is 6.29. The van der Waals surface area contributed by atoms with Crippen LogP contribution in [0.1, 0.15) is 31.1 Å². The second kappa shape index (κ2) is 8.43. The number of hydrogen-bond donors (Lipinski definition) is 4.